The predicted octanol–water partition coefficient (Wildman–Crippen LogP) is 5.71. The van der Waals surface area contributed by atoms with Gasteiger partial charge in [0, 0.05) is 29.6 Å². The summed E-state index contributed by atoms with van der Waals surface area (Å²) in [5.41, 5.74) is 1.01. The maximum absolute atomic E-state index is 13.9. The summed E-state index contributed by atoms with van der Waals surface area (Å²) in [6.07, 6.45) is -1.60. The number of hydrogen-bond donors (Lipinski definition) is 3. The Bertz CT molecular complexity index is 1240. The normalized spacial score (nSPS) is 22.3. The van der Waals surface area contributed by atoms with E-state index >= 15 is 0 Å². The molecule has 0 radical (unpaired) electrons. The quantitative estimate of drug-likeness (QED) is 0.375. The van der Waals surface area contributed by atoms with Gasteiger partial charge in [0.1, 0.15) is 11.6 Å². The molecule has 2 fully saturated rings. The Kier molecular flexibility index (Phi) is 10.1. The number of anilines is 1. The molecule has 1 saturated heterocycles. The molecule has 2 aliphatic rings. The minimum atomic E-state index is -5.08. The number of hydrogen-bond acceptors (Lipinski definition) is 5. The van der Waals surface area contributed by atoms with Crippen molar-refractivity contribution in [3.63, 3.8) is 0 Å². The molecule has 0 spiro atoms. The number of halogens is 5. The van der Waals surface area contributed by atoms with Crippen molar-refractivity contribution in [3.8, 4) is 11.5 Å². The number of carboxylic acid groups (broad SMARTS) is 1. The Morgan fingerprint density at radius 2 is 1.71 bits per heavy atom. The van der Waals surface area contributed by atoms with E-state index in [1.54, 1.807) is 14.2 Å². The molecule has 1 heterocycles. The van der Waals surface area contributed by atoms with E-state index in [4.69, 9.17) is 19.4 Å². The van der Waals surface area contributed by atoms with Crippen LogP contribution in [0.15, 0.2) is 36.4 Å². The van der Waals surface area contributed by atoms with Crippen LogP contribution in [0, 0.1) is 11.6 Å². The molecule has 8 nitrogen and oxygen atoms in total. The molecule has 1 saturated carbocycles. The number of nitrogens with zero attached hydrogens (tertiary/aromatic N) is 1. The topological polar surface area (TPSA) is 100 Å². The Morgan fingerprint density at radius 1 is 1.05 bits per heavy atom. The van der Waals surface area contributed by atoms with Crippen molar-refractivity contribution in [1.82, 2.24) is 10.2 Å². The van der Waals surface area contributed by atoms with Crippen molar-refractivity contribution in [2.45, 2.75) is 69.2 Å². The van der Waals surface area contributed by atoms with Gasteiger partial charge in [0.25, 0.3) is 0 Å². The summed E-state index contributed by atoms with van der Waals surface area (Å²) < 4.78 is 70.2. The number of carboxylic acids is 1. The maximum atomic E-state index is 13.9. The standard InChI is InChI=1S/C26H33F2N3O3.C2HF3O2/c1-16(2)31-12-11-26(17-5-8-22(33-3)23(13-17)34-4)10-9-19(15-24(26)31)29-25(32)30-21-14-18(27)6-7-20(21)28;3-2(4,5)1(6)7/h5-8,13-14,16,19,24H,9-12,15H2,1-4H3,(H2,29,30,32);(H,6,7). The lowest BCUT2D eigenvalue weighted by Gasteiger charge is -2.46. The number of carbonyl (C=O) groups excluding carboxylic acids is 1. The van der Waals surface area contributed by atoms with Gasteiger partial charge in [-0.15, -0.1) is 0 Å². The summed E-state index contributed by atoms with van der Waals surface area (Å²) in [6.45, 7) is 5.37. The highest BCUT2D eigenvalue weighted by atomic mass is 19.4. The second kappa shape index (κ2) is 12.9. The monoisotopic (exact) mass is 587 g/mol. The molecule has 3 atom stereocenters. The van der Waals surface area contributed by atoms with E-state index in [1.807, 2.05) is 6.07 Å². The Hall–Kier alpha value is -3.61. The summed E-state index contributed by atoms with van der Waals surface area (Å²) in [7, 11) is 3.28. The zero-order chi connectivity index (χ0) is 30.5. The van der Waals surface area contributed by atoms with E-state index in [2.05, 4.69) is 41.5 Å². The molecular formula is C28H34F5N3O5. The molecule has 1 aliphatic carbocycles. The van der Waals surface area contributed by atoms with Gasteiger partial charge in [0.15, 0.2) is 11.5 Å². The Morgan fingerprint density at radius 3 is 2.29 bits per heavy atom. The number of nitrogens with one attached hydrogen (secondary N) is 2. The van der Waals surface area contributed by atoms with E-state index < -0.39 is 29.8 Å². The average Bonchev–Trinajstić information content (AvgIpc) is 3.30. The minimum absolute atomic E-state index is 0.0485. The van der Waals surface area contributed by atoms with Crippen LogP contribution in [-0.4, -0.2) is 67.1 Å². The van der Waals surface area contributed by atoms with Crippen LogP contribution in [0.4, 0.5) is 32.4 Å². The second-order valence-corrected chi connectivity index (χ2v) is 10.3. The number of urea groups is 1. The fraction of sp³-hybridized carbons (Fsp3) is 0.500. The minimum Gasteiger partial charge on any atom is -0.493 e. The molecule has 1 aliphatic heterocycles. The predicted molar refractivity (Wildman–Crippen MR) is 141 cm³/mol. The number of methoxy groups -OCH3 is 2. The molecule has 226 valence electrons. The van der Waals surface area contributed by atoms with E-state index in [9.17, 15) is 26.7 Å². The second-order valence-electron chi connectivity index (χ2n) is 10.3. The molecule has 0 bridgehead atoms. The molecular weight excluding hydrogens is 553 g/mol. The fourth-order valence-electron chi connectivity index (χ4n) is 5.75. The number of amides is 2. The Balaban J connectivity index is 0.000000587. The average molecular weight is 588 g/mol. The van der Waals surface area contributed by atoms with Crippen LogP contribution in [0.1, 0.15) is 45.1 Å². The van der Waals surface area contributed by atoms with Crippen LogP contribution in [0.5, 0.6) is 11.5 Å². The third-order valence-electron chi connectivity index (χ3n) is 7.68. The number of carbonyl (C=O) groups is 2. The molecule has 2 aromatic rings. The summed E-state index contributed by atoms with van der Waals surface area (Å²) >= 11 is 0. The number of alkyl halides is 3. The summed E-state index contributed by atoms with van der Waals surface area (Å²) in [5.74, 6) is -2.61. The smallest absolute Gasteiger partial charge is 0.490 e. The lowest BCUT2D eigenvalue weighted by Crippen LogP contribution is -2.54. The van der Waals surface area contributed by atoms with Crippen LogP contribution in [0.3, 0.4) is 0 Å². The van der Waals surface area contributed by atoms with Crippen LogP contribution < -0.4 is 20.1 Å². The molecule has 2 amide bonds. The van der Waals surface area contributed by atoms with Gasteiger partial charge in [-0.05, 0) is 75.9 Å². The summed E-state index contributed by atoms with van der Waals surface area (Å²) in [6, 6.07) is 9.18. The molecule has 3 unspecified atom stereocenters. The largest absolute Gasteiger partial charge is 0.493 e. The lowest BCUT2D eigenvalue weighted by atomic mass is 9.65. The highest BCUT2D eigenvalue weighted by Gasteiger charge is 2.52. The van der Waals surface area contributed by atoms with Crippen molar-refractivity contribution >= 4 is 17.7 Å². The van der Waals surface area contributed by atoms with Crippen LogP contribution in [0.25, 0.3) is 0 Å². The number of ether oxygens (including phenoxy) is 2. The van der Waals surface area contributed by atoms with E-state index in [-0.39, 0.29) is 23.2 Å². The van der Waals surface area contributed by atoms with Crippen molar-refractivity contribution in [1.29, 1.82) is 0 Å². The van der Waals surface area contributed by atoms with E-state index in [1.165, 1.54) is 5.56 Å². The highest BCUT2D eigenvalue weighted by Crippen LogP contribution is 2.50. The SMILES string of the molecule is COc1ccc(C23CCC(NC(=O)Nc4cc(F)ccc4F)CC2N(C(C)C)CC3)cc1OC.O=C(O)C(F)(F)F. The van der Waals surface area contributed by atoms with Crippen LogP contribution >= 0.6 is 0 Å². The van der Waals surface area contributed by atoms with E-state index in [0.29, 0.717) is 17.5 Å². The van der Waals surface area contributed by atoms with Gasteiger partial charge >= 0.3 is 18.2 Å². The molecule has 4 rings (SSSR count). The first-order chi connectivity index (χ1) is 19.2. The van der Waals surface area contributed by atoms with Gasteiger partial charge in [-0.1, -0.05) is 6.07 Å². The molecule has 3 N–H and O–H groups in total. The zero-order valence-electron chi connectivity index (χ0n) is 23.1. The first kappa shape index (κ1) is 31.9. The molecule has 13 heteroatoms. The third-order valence-corrected chi connectivity index (χ3v) is 7.68. The van der Waals surface area contributed by atoms with Crippen LogP contribution in [-0.2, 0) is 10.2 Å². The third kappa shape index (κ3) is 7.38. The molecule has 41 heavy (non-hydrogen) atoms. The number of fused-ring (bicyclic) bond motifs is 1. The number of rotatable bonds is 6. The first-order valence-electron chi connectivity index (χ1n) is 13.0. The van der Waals surface area contributed by atoms with Gasteiger partial charge < -0.3 is 25.2 Å². The molecule has 0 aromatic heterocycles. The maximum Gasteiger partial charge on any atom is 0.490 e. The first-order valence-corrected chi connectivity index (χ1v) is 13.0. The van der Waals surface area contributed by atoms with Crippen molar-refractivity contribution in [3.05, 3.63) is 53.6 Å². The van der Waals surface area contributed by atoms with Gasteiger partial charge in [-0.2, -0.15) is 13.2 Å². The molecule has 2 aromatic carbocycles. The highest BCUT2D eigenvalue weighted by molar-refractivity contribution is 5.89. The number of benzene rings is 2. The fourth-order valence-corrected chi connectivity index (χ4v) is 5.75. The summed E-state index contributed by atoms with van der Waals surface area (Å²) in [4.78, 5) is 24.0. The number of likely N-dealkylation sites (tertiary alicyclic amines) is 1. The van der Waals surface area contributed by atoms with Gasteiger partial charge in [0.05, 0.1) is 19.9 Å². The van der Waals surface area contributed by atoms with Gasteiger partial charge in [-0.3, -0.25) is 4.90 Å². The van der Waals surface area contributed by atoms with Crippen molar-refractivity contribution in [2.24, 2.45) is 0 Å². The number of aliphatic carboxylic acids is 1. The van der Waals surface area contributed by atoms with E-state index in [0.717, 1.165) is 50.4 Å². The summed E-state index contributed by atoms with van der Waals surface area (Å²) in [5, 5.41) is 12.6. The van der Waals surface area contributed by atoms with Crippen molar-refractivity contribution < 1.29 is 46.1 Å². The van der Waals surface area contributed by atoms with Gasteiger partial charge in [0.2, 0.25) is 0 Å². The van der Waals surface area contributed by atoms with Crippen LogP contribution in [0.2, 0.25) is 0 Å². The lowest BCUT2D eigenvalue weighted by molar-refractivity contribution is -0.192. The Labute approximate surface area is 234 Å². The zero-order valence-corrected chi connectivity index (χ0v) is 23.1. The van der Waals surface area contributed by atoms with Gasteiger partial charge in [-0.25, -0.2) is 18.4 Å². The van der Waals surface area contributed by atoms with Crippen molar-refractivity contribution in [2.75, 3.05) is 26.1 Å².